The molecule has 0 unspecified atom stereocenters. The number of carbonyl (C=O) groups excluding carboxylic acids is 2. The van der Waals surface area contributed by atoms with E-state index in [-0.39, 0.29) is 12.0 Å². The minimum absolute atomic E-state index is 0.209. The van der Waals surface area contributed by atoms with Crippen LogP contribution in [0.15, 0.2) is 35.4 Å². The van der Waals surface area contributed by atoms with Crippen molar-refractivity contribution in [2.24, 2.45) is 5.10 Å². The molecule has 90 valence electrons. The number of ether oxygens (including phenoxy) is 1. The molecule has 17 heavy (non-hydrogen) atoms. The van der Waals surface area contributed by atoms with Crippen LogP contribution in [0.25, 0.3) is 0 Å². The van der Waals surface area contributed by atoms with Crippen molar-refractivity contribution in [3.8, 4) is 0 Å². The number of benzene rings is 1. The zero-order valence-electron chi connectivity index (χ0n) is 9.71. The Bertz CT molecular complexity index is 413. The van der Waals surface area contributed by atoms with Gasteiger partial charge < -0.3 is 4.74 Å². The molecule has 1 rings (SSSR count). The molecule has 0 saturated heterocycles. The van der Waals surface area contributed by atoms with Gasteiger partial charge in [-0.05, 0) is 26.0 Å². The highest BCUT2D eigenvalue weighted by Gasteiger charge is 2.03. The average Bonchev–Trinajstić information content (AvgIpc) is 2.29. The van der Waals surface area contributed by atoms with E-state index >= 15 is 0 Å². The summed E-state index contributed by atoms with van der Waals surface area (Å²) in [5.74, 6) is -0.965. The van der Waals surface area contributed by atoms with Crippen LogP contribution in [-0.2, 0) is 9.53 Å². The zero-order valence-corrected chi connectivity index (χ0v) is 9.71. The second-order valence-electron chi connectivity index (χ2n) is 3.55. The van der Waals surface area contributed by atoms with Crippen molar-refractivity contribution in [1.82, 2.24) is 5.43 Å². The first-order valence-electron chi connectivity index (χ1n) is 5.18. The molecule has 1 amide bonds. The molecular weight excluding hydrogens is 220 g/mol. The molecule has 5 heteroatoms. The number of rotatable bonds is 4. The molecule has 0 aliphatic rings. The molecule has 0 aliphatic heterocycles. The predicted molar refractivity (Wildman–Crippen MR) is 63.6 cm³/mol. The Morgan fingerprint density at radius 2 is 1.94 bits per heavy atom. The maximum Gasteiger partial charge on any atom is 0.351 e. The number of carbonyl (C=O) groups is 2. The highest BCUT2D eigenvalue weighted by Crippen LogP contribution is 1.97. The molecule has 1 N–H and O–H groups in total. The topological polar surface area (TPSA) is 67.8 Å². The largest absolute Gasteiger partial charge is 0.459 e. The van der Waals surface area contributed by atoms with Crippen molar-refractivity contribution in [2.75, 3.05) is 0 Å². The fourth-order valence-electron chi connectivity index (χ4n) is 1.06. The van der Waals surface area contributed by atoms with Crippen LogP contribution in [-0.4, -0.2) is 24.2 Å². The number of hydrogen-bond acceptors (Lipinski definition) is 4. The predicted octanol–water partition coefficient (Wildman–Crippen LogP) is 1.35. The summed E-state index contributed by atoms with van der Waals surface area (Å²) in [6.07, 6.45) is 0.722. The summed E-state index contributed by atoms with van der Waals surface area (Å²) < 4.78 is 4.80. The lowest BCUT2D eigenvalue weighted by atomic mass is 10.2. The highest BCUT2D eigenvalue weighted by molar-refractivity contribution is 6.23. The maximum absolute atomic E-state index is 11.5. The molecule has 0 aliphatic carbocycles. The van der Waals surface area contributed by atoms with Gasteiger partial charge in [0.25, 0.3) is 5.91 Å². The second-order valence-corrected chi connectivity index (χ2v) is 3.55. The van der Waals surface area contributed by atoms with Crippen LogP contribution in [0.4, 0.5) is 0 Å². The lowest BCUT2D eigenvalue weighted by molar-refractivity contribution is -0.138. The third-order valence-electron chi connectivity index (χ3n) is 1.72. The summed E-state index contributed by atoms with van der Waals surface area (Å²) in [4.78, 5) is 22.5. The van der Waals surface area contributed by atoms with E-state index in [0.29, 0.717) is 5.56 Å². The molecule has 0 spiro atoms. The van der Waals surface area contributed by atoms with Gasteiger partial charge in [-0.3, -0.25) is 4.79 Å². The van der Waals surface area contributed by atoms with Gasteiger partial charge in [-0.15, -0.1) is 0 Å². The van der Waals surface area contributed by atoms with Gasteiger partial charge in [-0.25, -0.2) is 10.2 Å². The van der Waals surface area contributed by atoms with Gasteiger partial charge in [-0.2, -0.15) is 5.10 Å². The van der Waals surface area contributed by atoms with Gasteiger partial charge in [0.05, 0.1) is 6.10 Å². The van der Waals surface area contributed by atoms with E-state index in [2.05, 4.69) is 10.5 Å². The summed E-state index contributed by atoms with van der Waals surface area (Å²) in [5.41, 5.74) is 2.71. The summed E-state index contributed by atoms with van der Waals surface area (Å²) >= 11 is 0. The Hall–Kier alpha value is -2.17. The lowest BCUT2D eigenvalue weighted by Gasteiger charge is -2.03. The third-order valence-corrected chi connectivity index (χ3v) is 1.72. The van der Waals surface area contributed by atoms with Crippen LogP contribution in [0.5, 0.6) is 0 Å². The number of nitrogens with one attached hydrogen (secondary N) is 1. The first-order valence-corrected chi connectivity index (χ1v) is 5.18. The highest BCUT2D eigenvalue weighted by atomic mass is 16.5. The number of hydrazone groups is 1. The molecule has 0 radical (unpaired) electrons. The average molecular weight is 234 g/mol. The Morgan fingerprint density at radius 3 is 2.53 bits per heavy atom. The lowest BCUT2D eigenvalue weighted by Crippen LogP contribution is -2.20. The van der Waals surface area contributed by atoms with Gasteiger partial charge >= 0.3 is 5.97 Å². The van der Waals surface area contributed by atoms with Gasteiger partial charge in [0.15, 0.2) is 0 Å². The van der Waals surface area contributed by atoms with E-state index in [1.807, 2.05) is 0 Å². The van der Waals surface area contributed by atoms with Gasteiger partial charge in [-0.1, -0.05) is 18.2 Å². The maximum atomic E-state index is 11.5. The van der Waals surface area contributed by atoms with E-state index in [1.54, 1.807) is 44.2 Å². The third kappa shape index (κ3) is 4.92. The van der Waals surface area contributed by atoms with Gasteiger partial charge in [0.1, 0.15) is 6.21 Å². The molecule has 0 heterocycles. The van der Waals surface area contributed by atoms with E-state index in [0.717, 1.165) is 6.21 Å². The van der Waals surface area contributed by atoms with Crippen molar-refractivity contribution >= 4 is 18.1 Å². The molecule has 0 aromatic heterocycles. The van der Waals surface area contributed by atoms with Crippen LogP contribution in [0.1, 0.15) is 24.2 Å². The molecule has 5 nitrogen and oxygen atoms in total. The van der Waals surface area contributed by atoms with Gasteiger partial charge in [0, 0.05) is 5.56 Å². The minimum atomic E-state index is -0.589. The second kappa shape index (κ2) is 6.42. The SMILES string of the molecule is CC(C)OC(=O)/C=N/NC(=O)c1ccccc1. The van der Waals surface area contributed by atoms with Crippen molar-refractivity contribution in [1.29, 1.82) is 0 Å². The molecule has 1 aromatic carbocycles. The molecular formula is C12H14N2O3. The molecule has 1 aromatic rings. The fourth-order valence-corrected chi connectivity index (χ4v) is 1.06. The number of amides is 1. The first-order chi connectivity index (χ1) is 8.09. The standard InChI is InChI=1S/C12H14N2O3/c1-9(2)17-11(15)8-13-14-12(16)10-6-4-3-5-7-10/h3-9H,1-2H3,(H,14,16)/b13-8+. The number of hydrogen-bond donors (Lipinski definition) is 1. The van der Waals surface area contributed by atoms with Crippen molar-refractivity contribution < 1.29 is 14.3 Å². The van der Waals surface area contributed by atoms with E-state index < -0.39 is 5.97 Å². The van der Waals surface area contributed by atoms with Crippen LogP contribution in [0.2, 0.25) is 0 Å². The monoisotopic (exact) mass is 234 g/mol. The normalized spacial score (nSPS) is 10.5. The molecule has 0 atom stereocenters. The van der Waals surface area contributed by atoms with E-state index in [1.165, 1.54) is 0 Å². The zero-order chi connectivity index (χ0) is 12.7. The van der Waals surface area contributed by atoms with Crippen LogP contribution < -0.4 is 5.43 Å². The smallest absolute Gasteiger partial charge is 0.351 e. The fraction of sp³-hybridized carbons (Fsp3) is 0.250. The Kier molecular flexibility index (Phi) is 4.87. The van der Waals surface area contributed by atoms with E-state index in [9.17, 15) is 9.59 Å². The summed E-state index contributed by atoms with van der Waals surface area (Å²) in [6.45, 7) is 3.46. The van der Waals surface area contributed by atoms with Crippen LogP contribution >= 0.6 is 0 Å². The summed E-state index contributed by atoms with van der Waals surface area (Å²) in [5, 5.41) is 3.50. The Labute approximate surface area is 99.5 Å². The number of esters is 1. The first kappa shape index (κ1) is 12.9. The van der Waals surface area contributed by atoms with Gasteiger partial charge in [0.2, 0.25) is 0 Å². The van der Waals surface area contributed by atoms with Crippen molar-refractivity contribution in [3.05, 3.63) is 35.9 Å². The quantitative estimate of drug-likeness (QED) is 0.486. The number of nitrogens with zero attached hydrogens (tertiary/aromatic N) is 1. The molecule has 0 fully saturated rings. The minimum Gasteiger partial charge on any atom is -0.459 e. The Balaban J connectivity index is 2.44. The molecule has 0 saturated carbocycles. The van der Waals surface area contributed by atoms with Crippen LogP contribution in [0, 0.1) is 0 Å². The van der Waals surface area contributed by atoms with E-state index in [4.69, 9.17) is 4.74 Å². The summed E-state index contributed by atoms with van der Waals surface area (Å²) in [6, 6.07) is 8.59. The van der Waals surface area contributed by atoms with Crippen molar-refractivity contribution in [2.45, 2.75) is 20.0 Å². The summed E-state index contributed by atoms with van der Waals surface area (Å²) in [7, 11) is 0. The Morgan fingerprint density at radius 1 is 1.29 bits per heavy atom. The van der Waals surface area contributed by atoms with Crippen LogP contribution in [0.3, 0.4) is 0 Å². The molecule has 0 bridgehead atoms. The van der Waals surface area contributed by atoms with Crippen molar-refractivity contribution in [3.63, 3.8) is 0 Å².